The van der Waals surface area contributed by atoms with Crippen LogP contribution in [0.3, 0.4) is 0 Å². The van der Waals surface area contributed by atoms with E-state index >= 15 is 0 Å². The molecule has 0 atom stereocenters. The van der Waals surface area contributed by atoms with Gasteiger partial charge in [0.25, 0.3) is 0 Å². The molecule has 0 spiro atoms. The maximum absolute atomic E-state index is 5.54. The van der Waals surface area contributed by atoms with Crippen molar-refractivity contribution in [2.75, 3.05) is 26.7 Å². The van der Waals surface area contributed by atoms with Gasteiger partial charge in [-0.25, -0.2) is 4.99 Å². The van der Waals surface area contributed by atoms with E-state index in [2.05, 4.69) is 55.4 Å². The van der Waals surface area contributed by atoms with Gasteiger partial charge >= 0.3 is 0 Å². The largest absolute Gasteiger partial charge is 0.377 e. The molecule has 1 aromatic carbocycles. The standard InChI is InChI=1S/C18H31N3O/c1-5-8-13-21(4)18(19-6-2)20-14-16-11-9-10-12-17(16)15-22-7-3/h9-12H,5-8,13-15H2,1-4H3,(H,19,20). The molecule has 1 N–H and O–H groups in total. The molecule has 0 fully saturated rings. The van der Waals surface area contributed by atoms with Crippen LogP contribution in [-0.4, -0.2) is 37.6 Å². The van der Waals surface area contributed by atoms with Gasteiger partial charge in [-0.2, -0.15) is 0 Å². The van der Waals surface area contributed by atoms with Gasteiger partial charge in [-0.15, -0.1) is 0 Å². The van der Waals surface area contributed by atoms with Gasteiger partial charge in [0.2, 0.25) is 0 Å². The van der Waals surface area contributed by atoms with Crippen LogP contribution in [0.2, 0.25) is 0 Å². The summed E-state index contributed by atoms with van der Waals surface area (Å²) in [6, 6.07) is 8.37. The first kappa shape index (κ1) is 18.5. The molecule has 0 radical (unpaired) electrons. The Hall–Kier alpha value is -1.55. The second-order valence-corrected chi connectivity index (χ2v) is 5.35. The van der Waals surface area contributed by atoms with E-state index in [1.165, 1.54) is 24.0 Å². The molecule has 0 saturated heterocycles. The summed E-state index contributed by atoms with van der Waals surface area (Å²) >= 11 is 0. The highest BCUT2D eigenvalue weighted by atomic mass is 16.5. The van der Waals surface area contributed by atoms with Crippen LogP contribution in [0.1, 0.15) is 44.7 Å². The zero-order chi connectivity index (χ0) is 16.2. The van der Waals surface area contributed by atoms with Crippen LogP contribution in [-0.2, 0) is 17.9 Å². The Kier molecular flexibility index (Phi) is 9.31. The molecule has 0 unspecified atom stereocenters. The number of aliphatic imine (C=N–C) groups is 1. The van der Waals surface area contributed by atoms with Crippen LogP contribution in [0.15, 0.2) is 29.3 Å². The Morgan fingerprint density at radius 1 is 1.18 bits per heavy atom. The summed E-state index contributed by atoms with van der Waals surface area (Å²) in [4.78, 5) is 6.99. The number of nitrogens with one attached hydrogen (secondary N) is 1. The number of rotatable bonds is 9. The third kappa shape index (κ3) is 6.48. The fourth-order valence-electron chi connectivity index (χ4n) is 2.20. The number of unbranched alkanes of at least 4 members (excludes halogenated alkanes) is 1. The Morgan fingerprint density at radius 3 is 2.55 bits per heavy atom. The van der Waals surface area contributed by atoms with Gasteiger partial charge < -0.3 is 15.0 Å². The van der Waals surface area contributed by atoms with Crippen molar-refractivity contribution in [1.82, 2.24) is 10.2 Å². The number of hydrogen-bond donors (Lipinski definition) is 1. The van der Waals surface area contributed by atoms with Crippen molar-refractivity contribution in [3.63, 3.8) is 0 Å². The van der Waals surface area contributed by atoms with Crippen molar-refractivity contribution in [3.05, 3.63) is 35.4 Å². The molecular weight excluding hydrogens is 274 g/mol. The predicted molar refractivity (Wildman–Crippen MR) is 94.1 cm³/mol. The Balaban J connectivity index is 2.76. The molecule has 22 heavy (non-hydrogen) atoms. The third-order valence-electron chi connectivity index (χ3n) is 3.52. The molecule has 1 aromatic rings. The lowest BCUT2D eigenvalue weighted by atomic mass is 10.1. The molecule has 4 nitrogen and oxygen atoms in total. The van der Waals surface area contributed by atoms with Gasteiger partial charge in [0, 0.05) is 26.7 Å². The molecule has 0 bridgehead atoms. The molecule has 0 aliphatic carbocycles. The lowest BCUT2D eigenvalue weighted by Crippen LogP contribution is -2.39. The lowest BCUT2D eigenvalue weighted by Gasteiger charge is -2.22. The van der Waals surface area contributed by atoms with Crippen LogP contribution in [0.5, 0.6) is 0 Å². The van der Waals surface area contributed by atoms with Gasteiger partial charge in [-0.3, -0.25) is 0 Å². The topological polar surface area (TPSA) is 36.9 Å². The minimum Gasteiger partial charge on any atom is -0.377 e. The number of benzene rings is 1. The van der Waals surface area contributed by atoms with Crippen LogP contribution in [0, 0.1) is 0 Å². The highest BCUT2D eigenvalue weighted by molar-refractivity contribution is 5.79. The average molecular weight is 305 g/mol. The summed E-state index contributed by atoms with van der Waals surface area (Å²) in [7, 11) is 2.10. The van der Waals surface area contributed by atoms with Crippen LogP contribution >= 0.6 is 0 Å². The third-order valence-corrected chi connectivity index (χ3v) is 3.52. The van der Waals surface area contributed by atoms with E-state index in [0.717, 1.165) is 25.7 Å². The number of guanidine groups is 1. The second kappa shape index (κ2) is 11.1. The number of nitrogens with zero attached hydrogens (tertiary/aromatic N) is 2. The SMILES string of the molecule is CCCCN(C)C(=NCc1ccccc1COCC)NCC. The summed E-state index contributed by atoms with van der Waals surface area (Å²) < 4.78 is 5.54. The van der Waals surface area contributed by atoms with E-state index in [-0.39, 0.29) is 0 Å². The molecular formula is C18H31N3O. The Labute approximate surface area is 135 Å². The first-order chi connectivity index (χ1) is 10.7. The van der Waals surface area contributed by atoms with E-state index in [9.17, 15) is 0 Å². The minimum atomic E-state index is 0.657. The van der Waals surface area contributed by atoms with Crippen molar-refractivity contribution in [2.45, 2.75) is 46.8 Å². The first-order valence-corrected chi connectivity index (χ1v) is 8.36. The molecule has 0 heterocycles. The van der Waals surface area contributed by atoms with E-state index in [0.29, 0.717) is 13.2 Å². The maximum atomic E-state index is 5.54. The van der Waals surface area contributed by atoms with Gasteiger partial charge in [0.15, 0.2) is 5.96 Å². The van der Waals surface area contributed by atoms with Crippen LogP contribution < -0.4 is 5.32 Å². The van der Waals surface area contributed by atoms with Gasteiger partial charge in [0.1, 0.15) is 0 Å². The lowest BCUT2D eigenvalue weighted by molar-refractivity contribution is 0.133. The first-order valence-electron chi connectivity index (χ1n) is 8.36. The Morgan fingerprint density at radius 2 is 1.91 bits per heavy atom. The molecule has 0 aliphatic heterocycles. The maximum Gasteiger partial charge on any atom is 0.193 e. The smallest absolute Gasteiger partial charge is 0.193 e. The molecule has 0 aliphatic rings. The fraction of sp³-hybridized carbons (Fsp3) is 0.611. The van der Waals surface area contributed by atoms with Gasteiger partial charge in [-0.05, 0) is 31.4 Å². The highest BCUT2D eigenvalue weighted by Gasteiger charge is 2.06. The second-order valence-electron chi connectivity index (χ2n) is 5.35. The van der Waals surface area contributed by atoms with E-state index in [1.54, 1.807) is 0 Å². The van der Waals surface area contributed by atoms with E-state index < -0.39 is 0 Å². The average Bonchev–Trinajstić information content (AvgIpc) is 2.55. The van der Waals surface area contributed by atoms with Gasteiger partial charge in [0.05, 0.1) is 13.2 Å². The molecule has 0 aromatic heterocycles. The molecule has 4 heteroatoms. The zero-order valence-electron chi connectivity index (χ0n) is 14.6. The molecule has 1 rings (SSSR count). The summed E-state index contributed by atoms with van der Waals surface area (Å²) in [5, 5.41) is 3.37. The molecule has 124 valence electrons. The van der Waals surface area contributed by atoms with Crippen molar-refractivity contribution < 1.29 is 4.74 Å². The Bertz CT molecular complexity index is 446. The normalized spacial score (nSPS) is 11.5. The summed E-state index contributed by atoms with van der Waals surface area (Å²) in [6.45, 7) is 10.3. The quantitative estimate of drug-likeness (QED) is 0.561. The molecule has 0 amide bonds. The minimum absolute atomic E-state index is 0.657. The predicted octanol–water partition coefficient (Wildman–Crippen LogP) is 3.42. The van der Waals surface area contributed by atoms with Crippen LogP contribution in [0.4, 0.5) is 0 Å². The van der Waals surface area contributed by atoms with Gasteiger partial charge in [-0.1, -0.05) is 37.6 Å². The number of ether oxygens (including phenoxy) is 1. The fourth-order valence-corrected chi connectivity index (χ4v) is 2.20. The summed E-state index contributed by atoms with van der Waals surface area (Å²) in [5.74, 6) is 0.974. The van der Waals surface area contributed by atoms with Crippen molar-refractivity contribution in [2.24, 2.45) is 4.99 Å². The summed E-state index contributed by atoms with van der Waals surface area (Å²) in [5.41, 5.74) is 2.45. The van der Waals surface area contributed by atoms with E-state index in [4.69, 9.17) is 9.73 Å². The summed E-state index contributed by atoms with van der Waals surface area (Å²) in [6.07, 6.45) is 2.38. The number of hydrogen-bond acceptors (Lipinski definition) is 2. The van der Waals surface area contributed by atoms with Crippen LogP contribution in [0.25, 0.3) is 0 Å². The zero-order valence-corrected chi connectivity index (χ0v) is 14.6. The van der Waals surface area contributed by atoms with Crippen molar-refractivity contribution in [3.8, 4) is 0 Å². The van der Waals surface area contributed by atoms with E-state index in [1.807, 2.05) is 6.92 Å². The highest BCUT2D eigenvalue weighted by Crippen LogP contribution is 2.11. The molecule has 0 saturated carbocycles. The monoisotopic (exact) mass is 305 g/mol. The van der Waals surface area contributed by atoms with Crippen molar-refractivity contribution in [1.29, 1.82) is 0 Å². The van der Waals surface area contributed by atoms with Crippen molar-refractivity contribution >= 4 is 5.96 Å².